The average molecular weight is 445 g/mol. The van der Waals surface area contributed by atoms with Crippen LogP contribution in [0.25, 0.3) is 11.4 Å². The lowest BCUT2D eigenvalue weighted by Gasteiger charge is -2.20. The van der Waals surface area contributed by atoms with Crippen LogP contribution in [0.5, 0.6) is 0 Å². The van der Waals surface area contributed by atoms with Gasteiger partial charge in [-0.2, -0.15) is 3.97 Å². The van der Waals surface area contributed by atoms with Crippen molar-refractivity contribution in [3.8, 4) is 11.4 Å². The first-order valence-electron chi connectivity index (χ1n) is 8.70. The Kier molecular flexibility index (Phi) is 4.74. The normalized spacial score (nSPS) is 14.0. The number of aryl methyl sites for hydroxylation is 1. The van der Waals surface area contributed by atoms with E-state index in [1.807, 2.05) is 6.07 Å². The van der Waals surface area contributed by atoms with Gasteiger partial charge in [0.05, 0.1) is 10.6 Å². The Morgan fingerprint density at radius 2 is 1.59 bits per heavy atom. The van der Waals surface area contributed by atoms with Crippen molar-refractivity contribution in [1.82, 2.24) is 8.96 Å². The average Bonchev–Trinajstić information content (AvgIpc) is 2.69. The third kappa shape index (κ3) is 3.15. The maximum Gasteiger partial charge on any atom is 0.272 e. The highest BCUT2D eigenvalue weighted by Gasteiger charge is 2.28. The largest absolute Gasteiger partial charge is 0.272 e. The molecule has 0 amide bonds. The van der Waals surface area contributed by atoms with Crippen molar-refractivity contribution >= 4 is 26.0 Å². The van der Waals surface area contributed by atoms with E-state index in [2.05, 4.69) is 20.9 Å². The van der Waals surface area contributed by atoms with Gasteiger partial charge in [-0.25, -0.2) is 13.4 Å². The van der Waals surface area contributed by atoms with Crippen molar-refractivity contribution in [3.05, 3.63) is 80.7 Å². The van der Waals surface area contributed by atoms with Gasteiger partial charge in [0.2, 0.25) is 0 Å². The van der Waals surface area contributed by atoms with E-state index in [9.17, 15) is 13.2 Å². The van der Waals surface area contributed by atoms with Gasteiger partial charge in [-0.15, -0.1) is 0 Å². The zero-order chi connectivity index (χ0) is 19.0. The molecule has 1 aliphatic rings. The van der Waals surface area contributed by atoms with Gasteiger partial charge >= 0.3 is 0 Å². The predicted octanol–water partition coefficient (Wildman–Crippen LogP) is 3.79. The predicted molar refractivity (Wildman–Crippen MR) is 107 cm³/mol. The molecule has 1 heterocycles. The van der Waals surface area contributed by atoms with Crippen molar-refractivity contribution in [1.29, 1.82) is 0 Å². The van der Waals surface area contributed by atoms with E-state index < -0.39 is 15.6 Å². The number of benzene rings is 2. The zero-order valence-corrected chi connectivity index (χ0v) is 16.8. The summed E-state index contributed by atoms with van der Waals surface area (Å²) < 4.78 is 28.3. The highest BCUT2D eigenvalue weighted by molar-refractivity contribution is 9.10. The van der Waals surface area contributed by atoms with Crippen LogP contribution in [0, 0.1) is 0 Å². The van der Waals surface area contributed by atoms with Crippen LogP contribution in [0.2, 0.25) is 0 Å². The third-order valence-electron chi connectivity index (χ3n) is 4.71. The molecule has 7 heteroatoms. The molecule has 27 heavy (non-hydrogen) atoms. The van der Waals surface area contributed by atoms with Crippen LogP contribution >= 0.6 is 15.9 Å². The van der Waals surface area contributed by atoms with E-state index >= 15 is 0 Å². The number of nitrogens with zero attached hydrogens (tertiary/aromatic N) is 2. The minimum atomic E-state index is -4.08. The number of halogens is 1. The second-order valence-corrected chi connectivity index (χ2v) is 9.08. The number of rotatable bonds is 3. The van der Waals surface area contributed by atoms with Crippen LogP contribution < -0.4 is 5.56 Å². The lowest BCUT2D eigenvalue weighted by Crippen LogP contribution is -2.34. The Balaban J connectivity index is 2.09. The molecule has 3 aromatic rings. The number of aromatic nitrogens is 2. The van der Waals surface area contributed by atoms with Gasteiger partial charge in [0.15, 0.2) is 5.82 Å². The molecule has 0 atom stereocenters. The Labute approximate surface area is 165 Å². The highest BCUT2D eigenvalue weighted by Crippen LogP contribution is 2.30. The molecule has 0 unspecified atom stereocenters. The fourth-order valence-electron chi connectivity index (χ4n) is 3.37. The maximum atomic E-state index is 13.4. The summed E-state index contributed by atoms with van der Waals surface area (Å²) in [6.45, 7) is 0. The van der Waals surface area contributed by atoms with E-state index in [1.54, 1.807) is 36.4 Å². The van der Waals surface area contributed by atoms with Crippen molar-refractivity contribution in [2.24, 2.45) is 0 Å². The molecule has 5 nitrogen and oxygen atoms in total. The van der Waals surface area contributed by atoms with Gasteiger partial charge < -0.3 is 0 Å². The van der Waals surface area contributed by atoms with Crippen LogP contribution in [0.4, 0.5) is 0 Å². The van der Waals surface area contributed by atoms with Gasteiger partial charge in [0.1, 0.15) is 0 Å². The first-order chi connectivity index (χ1) is 13.0. The molecule has 0 N–H and O–H groups in total. The van der Waals surface area contributed by atoms with E-state index in [-0.39, 0.29) is 10.7 Å². The minimum absolute atomic E-state index is 0.0676. The number of fused-ring (bicyclic) bond motifs is 1. The summed E-state index contributed by atoms with van der Waals surface area (Å²) in [5, 5.41) is 0. The van der Waals surface area contributed by atoms with Crippen LogP contribution in [-0.4, -0.2) is 17.4 Å². The van der Waals surface area contributed by atoms with Gasteiger partial charge in [-0.1, -0.05) is 52.3 Å². The van der Waals surface area contributed by atoms with Crippen molar-refractivity contribution in [2.75, 3.05) is 0 Å². The van der Waals surface area contributed by atoms with Gasteiger partial charge in [-0.05, 0) is 43.9 Å². The molecule has 0 spiro atoms. The molecule has 0 aliphatic heterocycles. The second kappa shape index (κ2) is 7.05. The Morgan fingerprint density at radius 3 is 2.33 bits per heavy atom. The third-order valence-corrected chi connectivity index (χ3v) is 7.09. The Morgan fingerprint density at radius 1 is 0.926 bits per heavy atom. The lowest BCUT2D eigenvalue weighted by molar-refractivity contribution is 0.581. The van der Waals surface area contributed by atoms with Crippen molar-refractivity contribution < 1.29 is 8.42 Å². The van der Waals surface area contributed by atoms with Gasteiger partial charge in [-0.3, -0.25) is 4.79 Å². The first-order valence-corrected chi connectivity index (χ1v) is 10.9. The Hall–Kier alpha value is -2.25. The van der Waals surface area contributed by atoms with Gasteiger partial charge in [0.25, 0.3) is 15.6 Å². The number of hydrogen-bond donors (Lipinski definition) is 0. The SMILES string of the molecule is O=c1c2c(nc(-c3ccccc3Br)n1S(=O)(=O)c1ccccc1)CCCC2. The summed E-state index contributed by atoms with van der Waals surface area (Å²) in [5.41, 5.74) is 1.30. The van der Waals surface area contributed by atoms with Crippen molar-refractivity contribution in [2.45, 2.75) is 30.6 Å². The van der Waals surface area contributed by atoms with Gasteiger partial charge in [0, 0.05) is 15.6 Å². The smallest absolute Gasteiger partial charge is 0.268 e. The summed E-state index contributed by atoms with van der Waals surface area (Å²) in [6.07, 6.45) is 3.06. The Bertz CT molecular complexity index is 1170. The van der Waals surface area contributed by atoms with E-state index in [0.717, 1.165) is 16.8 Å². The van der Waals surface area contributed by atoms with Crippen LogP contribution in [-0.2, 0) is 22.9 Å². The lowest BCUT2D eigenvalue weighted by atomic mass is 9.97. The standard InChI is InChI=1S/C20H17BrN2O3S/c21-17-12-6-4-10-15(17)19-22-18-13-7-5-11-16(18)20(24)23(19)27(25,26)14-8-2-1-3-9-14/h1-4,6,8-10,12H,5,7,11,13H2. The monoisotopic (exact) mass is 444 g/mol. The molecule has 0 fully saturated rings. The quantitative estimate of drug-likeness (QED) is 0.615. The number of hydrogen-bond acceptors (Lipinski definition) is 4. The summed E-state index contributed by atoms with van der Waals surface area (Å²) in [7, 11) is -4.08. The molecular formula is C20H17BrN2O3S. The summed E-state index contributed by atoms with van der Waals surface area (Å²) in [4.78, 5) is 18.0. The molecule has 0 saturated carbocycles. The molecule has 1 aliphatic carbocycles. The molecular weight excluding hydrogens is 428 g/mol. The summed E-state index contributed by atoms with van der Waals surface area (Å²) >= 11 is 3.46. The fraction of sp³-hybridized carbons (Fsp3) is 0.200. The minimum Gasteiger partial charge on any atom is -0.268 e. The van der Waals surface area contributed by atoms with Crippen molar-refractivity contribution in [3.63, 3.8) is 0 Å². The first kappa shape index (κ1) is 18.1. The summed E-state index contributed by atoms with van der Waals surface area (Å²) in [6, 6.07) is 15.2. The van der Waals surface area contributed by atoms with Crippen LogP contribution in [0.1, 0.15) is 24.1 Å². The zero-order valence-electron chi connectivity index (χ0n) is 14.4. The molecule has 0 saturated heterocycles. The maximum absolute atomic E-state index is 13.4. The fourth-order valence-corrected chi connectivity index (χ4v) is 5.24. The van der Waals surface area contributed by atoms with Crippen LogP contribution in [0.3, 0.4) is 0 Å². The second-order valence-electron chi connectivity index (χ2n) is 6.44. The molecule has 0 radical (unpaired) electrons. The molecule has 4 rings (SSSR count). The molecule has 0 bridgehead atoms. The van der Waals surface area contributed by atoms with E-state index in [4.69, 9.17) is 0 Å². The topological polar surface area (TPSA) is 69.0 Å². The van der Waals surface area contributed by atoms with E-state index in [0.29, 0.717) is 34.1 Å². The summed E-state index contributed by atoms with van der Waals surface area (Å²) in [5.74, 6) is 0.150. The van der Waals surface area contributed by atoms with E-state index in [1.165, 1.54) is 12.1 Å². The molecule has 138 valence electrons. The highest BCUT2D eigenvalue weighted by atomic mass is 79.9. The van der Waals surface area contributed by atoms with Crippen LogP contribution in [0.15, 0.2) is 68.8 Å². The molecule has 1 aromatic heterocycles. The molecule has 2 aromatic carbocycles.